The van der Waals surface area contributed by atoms with Gasteiger partial charge in [0.1, 0.15) is 18.5 Å². The molecule has 6 heteroatoms. The lowest BCUT2D eigenvalue weighted by molar-refractivity contribution is 0.304. The van der Waals surface area contributed by atoms with Crippen molar-refractivity contribution in [3.8, 4) is 11.8 Å². The van der Waals surface area contributed by atoms with Crippen LogP contribution in [0.1, 0.15) is 22.5 Å². The number of aromatic nitrogens is 2. The number of nitriles is 1. The summed E-state index contributed by atoms with van der Waals surface area (Å²) in [6.45, 7) is 2.43. The summed E-state index contributed by atoms with van der Waals surface area (Å²) in [5, 5.41) is 10.1. The predicted molar refractivity (Wildman–Crippen MR) is 124 cm³/mol. The molecule has 1 heterocycles. The largest absolute Gasteiger partial charge is 0.486 e. The molecular weight excluding hydrogens is 462 g/mol. The van der Waals surface area contributed by atoms with Gasteiger partial charge in [-0.15, -0.1) is 0 Å². The van der Waals surface area contributed by atoms with E-state index >= 15 is 0 Å². The van der Waals surface area contributed by atoms with Crippen LogP contribution < -0.4 is 4.74 Å². The number of rotatable bonds is 5. The Morgan fingerprint density at radius 2 is 2.00 bits per heavy atom. The average molecular weight is 479 g/mol. The lowest BCUT2D eigenvalue weighted by Gasteiger charge is -2.11. The second-order valence-corrected chi connectivity index (χ2v) is 8.13. The number of fused-ring (bicyclic) bond motifs is 1. The van der Waals surface area contributed by atoms with Gasteiger partial charge in [0, 0.05) is 0 Å². The fourth-order valence-corrected chi connectivity index (χ4v) is 4.09. The van der Waals surface area contributed by atoms with E-state index in [0.717, 1.165) is 32.2 Å². The molecule has 0 saturated carbocycles. The SMILES string of the molecule is Cc1ccc2nc(/C(C#N)=C\c3cc(Cl)c(OCc4ccccc4)c(Br)c3)[nH]c2c1. The minimum Gasteiger partial charge on any atom is -0.486 e. The third kappa shape index (κ3) is 4.40. The van der Waals surface area contributed by atoms with Gasteiger partial charge in [0.15, 0.2) is 5.75 Å². The molecule has 4 rings (SSSR count). The Balaban J connectivity index is 1.62. The van der Waals surface area contributed by atoms with Gasteiger partial charge in [0.05, 0.1) is 26.1 Å². The zero-order valence-electron chi connectivity index (χ0n) is 16.1. The van der Waals surface area contributed by atoms with Crippen LogP contribution in [0.2, 0.25) is 5.02 Å². The van der Waals surface area contributed by atoms with E-state index in [1.54, 1.807) is 12.1 Å². The number of ether oxygens (including phenoxy) is 1. The molecular formula is C24H17BrClN3O. The van der Waals surface area contributed by atoms with Gasteiger partial charge < -0.3 is 9.72 Å². The van der Waals surface area contributed by atoms with E-state index in [0.29, 0.717) is 28.8 Å². The fourth-order valence-electron chi connectivity index (χ4n) is 3.10. The normalized spacial score (nSPS) is 11.5. The molecule has 0 aliphatic carbocycles. The fraction of sp³-hybridized carbons (Fsp3) is 0.0833. The van der Waals surface area contributed by atoms with Gasteiger partial charge in [0.25, 0.3) is 0 Å². The van der Waals surface area contributed by atoms with E-state index in [9.17, 15) is 5.26 Å². The molecule has 0 fully saturated rings. The molecule has 4 nitrogen and oxygen atoms in total. The minimum atomic E-state index is 0.413. The molecule has 0 bridgehead atoms. The Labute approximate surface area is 187 Å². The van der Waals surface area contributed by atoms with Crippen molar-refractivity contribution in [1.29, 1.82) is 5.26 Å². The van der Waals surface area contributed by atoms with E-state index < -0.39 is 0 Å². The molecule has 0 radical (unpaired) electrons. The number of H-pyrrole nitrogens is 1. The quantitative estimate of drug-likeness (QED) is 0.316. The molecule has 0 unspecified atom stereocenters. The van der Waals surface area contributed by atoms with E-state index in [-0.39, 0.29) is 0 Å². The van der Waals surface area contributed by atoms with Crippen LogP contribution >= 0.6 is 27.5 Å². The van der Waals surface area contributed by atoms with Gasteiger partial charge in [-0.25, -0.2) is 4.98 Å². The standard InChI is InChI=1S/C24H17BrClN3O/c1-15-7-8-21-22(9-15)29-24(28-21)18(13-27)10-17-11-19(25)23(20(26)12-17)30-14-16-5-3-2-4-6-16/h2-12H,14H2,1H3,(H,28,29)/b18-10-. The molecule has 0 atom stereocenters. The molecule has 0 spiro atoms. The molecule has 4 aromatic rings. The highest BCUT2D eigenvalue weighted by molar-refractivity contribution is 9.10. The summed E-state index contributed by atoms with van der Waals surface area (Å²) >= 11 is 10.00. The lowest BCUT2D eigenvalue weighted by atomic mass is 10.1. The van der Waals surface area contributed by atoms with Crippen LogP contribution in [0.5, 0.6) is 5.75 Å². The third-order valence-corrected chi connectivity index (χ3v) is 5.44. The number of hydrogen-bond donors (Lipinski definition) is 1. The molecule has 30 heavy (non-hydrogen) atoms. The average Bonchev–Trinajstić information content (AvgIpc) is 3.15. The number of imidazole rings is 1. The van der Waals surface area contributed by atoms with Crippen molar-refractivity contribution in [2.24, 2.45) is 0 Å². The summed E-state index contributed by atoms with van der Waals surface area (Å²) in [6, 6.07) is 21.7. The molecule has 0 aliphatic heterocycles. The van der Waals surface area contributed by atoms with Crippen LogP contribution in [-0.4, -0.2) is 9.97 Å². The van der Waals surface area contributed by atoms with Crippen molar-refractivity contribution in [2.75, 3.05) is 0 Å². The highest BCUT2D eigenvalue weighted by Crippen LogP contribution is 2.36. The maximum absolute atomic E-state index is 9.68. The third-order valence-electron chi connectivity index (χ3n) is 4.57. The van der Waals surface area contributed by atoms with Crippen molar-refractivity contribution in [3.63, 3.8) is 0 Å². The van der Waals surface area contributed by atoms with Gasteiger partial charge in [-0.05, 0) is 69.9 Å². The lowest BCUT2D eigenvalue weighted by Crippen LogP contribution is -1.97. The van der Waals surface area contributed by atoms with Gasteiger partial charge in [-0.1, -0.05) is 48.0 Å². The molecule has 148 valence electrons. The summed E-state index contributed by atoms with van der Waals surface area (Å²) < 4.78 is 6.61. The highest BCUT2D eigenvalue weighted by Gasteiger charge is 2.12. The van der Waals surface area contributed by atoms with E-state index in [1.807, 2.05) is 61.5 Å². The second-order valence-electron chi connectivity index (χ2n) is 6.86. The molecule has 0 aliphatic rings. The van der Waals surface area contributed by atoms with Crippen LogP contribution in [0, 0.1) is 18.3 Å². The Kier molecular flexibility index (Phi) is 5.89. The number of benzene rings is 3. The topological polar surface area (TPSA) is 61.7 Å². The maximum atomic E-state index is 9.68. The van der Waals surface area contributed by atoms with Crippen LogP contribution in [0.3, 0.4) is 0 Å². The number of aryl methyl sites for hydroxylation is 1. The number of allylic oxidation sites excluding steroid dienone is 1. The van der Waals surface area contributed by atoms with Crippen molar-refractivity contribution in [3.05, 3.63) is 92.7 Å². The first-order chi connectivity index (χ1) is 14.5. The Hall–Kier alpha value is -3.07. The second kappa shape index (κ2) is 8.74. The van der Waals surface area contributed by atoms with Crippen LogP contribution in [0.15, 0.2) is 65.1 Å². The number of hydrogen-bond acceptors (Lipinski definition) is 3. The monoisotopic (exact) mass is 477 g/mol. The van der Waals surface area contributed by atoms with E-state index in [4.69, 9.17) is 16.3 Å². The predicted octanol–water partition coefficient (Wildman–Crippen LogP) is 6.93. The van der Waals surface area contributed by atoms with E-state index in [1.165, 1.54) is 0 Å². The highest BCUT2D eigenvalue weighted by atomic mass is 79.9. The van der Waals surface area contributed by atoms with Crippen molar-refractivity contribution < 1.29 is 4.74 Å². The van der Waals surface area contributed by atoms with Gasteiger partial charge in [-0.3, -0.25) is 0 Å². The number of aromatic amines is 1. The minimum absolute atomic E-state index is 0.413. The summed E-state index contributed by atoms with van der Waals surface area (Å²) in [4.78, 5) is 7.75. The number of halogens is 2. The summed E-state index contributed by atoms with van der Waals surface area (Å²) in [5.74, 6) is 1.09. The first-order valence-electron chi connectivity index (χ1n) is 9.28. The van der Waals surface area contributed by atoms with Gasteiger partial charge >= 0.3 is 0 Å². The Morgan fingerprint density at radius 3 is 2.73 bits per heavy atom. The van der Waals surface area contributed by atoms with Crippen molar-refractivity contribution in [2.45, 2.75) is 13.5 Å². The number of nitrogens with zero attached hydrogens (tertiary/aromatic N) is 2. The first kappa shape index (κ1) is 20.2. The molecule has 1 N–H and O–H groups in total. The van der Waals surface area contributed by atoms with Gasteiger partial charge in [0.2, 0.25) is 0 Å². The molecule has 3 aromatic carbocycles. The number of nitrogens with one attached hydrogen (secondary N) is 1. The zero-order valence-corrected chi connectivity index (χ0v) is 18.5. The van der Waals surface area contributed by atoms with E-state index in [2.05, 4.69) is 32.0 Å². The Bertz CT molecular complexity index is 1270. The Morgan fingerprint density at radius 1 is 1.20 bits per heavy atom. The van der Waals surface area contributed by atoms with Crippen molar-refractivity contribution >= 4 is 50.2 Å². The molecule has 0 saturated heterocycles. The smallest absolute Gasteiger partial charge is 0.152 e. The summed E-state index contributed by atoms with van der Waals surface area (Å²) in [6.07, 6.45) is 1.75. The summed E-state index contributed by atoms with van der Waals surface area (Å²) in [5.41, 5.74) is 5.09. The molecule has 0 amide bonds. The maximum Gasteiger partial charge on any atom is 0.152 e. The first-order valence-corrected chi connectivity index (χ1v) is 10.4. The van der Waals surface area contributed by atoms with Crippen molar-refractivity contribution in [1.82, 2.24) is 9.97 Å². The molecule has 1 aromatic heterocycles. The van der Waals surface area contributed by atoms with Gasteiger partial charge in [-0.2, -0.15) is 5.26 Å². The van der Waals surface area contributed by atoms with Crippen LogP contribution in [0.4, 0.5) is 0 Å². The zero-order chi connectivity index (χ0) is 21.1. The summed E-state index contributed by atoms with van der Waals surface area (Å²) in [7, 11) is 0. The van der Waals surface area contributed by atoms with Crippen LogP contribution in [-0.2, 0) is 6.61 Å². The van der Waals surface area contributed by atoms with Crippen LogP contribution in [0.25, 0.3) is 22.7 Å².